The Morgan fingerprint density at radius 1 is 1.10 bits per heavy atom. The lowest BCUT2D eigenvalue weighted by molar-refractivity contribution is -0.139. The van der Waals surface area contributed by atoms with Crippen LogP contribution in [-0.2, 0) is 14.3 Å². The monoisotopic (exact) mass is 435 g/mol. The van der Waals surface area contributed by atoms with E-state index in [4.69, 9.17) is 16.3 Å². The number of carbonyl (C=O) groups excluding carboxylic acids is 2. The molecule has 5 heteroatoms. The van der Waals surface area contributed by atoms with E-state index in [1.54, 1.807) is 6.07 Å². The summed E-state index contributed by atoms with van der Waals surface area (Å²) in [4.78, 5) is 26.5. The van der Waals surface area contributed by atoms with Gasteiger partial charge >= 0.3 is 5.97 Å². The molecule has 31 heavy (non-hydrogen) atoms. The molecule has 2 atom stereocenters. The molecule has 0 spiro atoms. The van der Waals surface area contributed by atoms with Crippen molar-refractivity contribution in [3.63, 3.8) is 0 Å². The number of hydrogen-bond acceptors (Lipinski definition) is 4. The van der Waals surface area contributed by atoms with E-state index >= 15 is 0 Å². The van der Waals surface area contributed by atoms with Gasteiger partial charge in [-0.25, -0.2) is 4.79 Å². The van der Waals surface area contributed by atoms with E-state index in [1.165, 1.54) is 0 Å². The molecule has 0 radical (unpaired) electrons. The summed E-state index contributed by atoms with van der Waals surface area (Å²) in [6.45, 7) is 4.15. The van der Waals surface area contributed by atoms with E-state index < -0.39 is 11.9 Å². The van der Waals surface area contributed by atoms with Crippen molar-refractivity contribution in [2.24, 2.45) is 0 Å². The van der Waals surface area contributed by atoms with Crippen LogP contribution in [0.3, 0.4) is 0 Å². The van der Waals surface area contributed by atoms with Gasteiger partial charge in [-0.3, -0.25) is 4.79 Å². The summed E-state index contributed by atoms with van der Waals surface area (Å²) >= 11 is 6.55. The zero-order valence-corrected chi connectivity index (χ0v) is 18.5. The number of dihydropyridines is 1. The zero-order chi connectivity index (χ0) is 22.0. The summed E-state index contributed by atoms with van der Waals surface area (Å²) in [6, 6.07) is 17.5. The Bertz CT molecular complexity index is 1070. The van der Waals surface area contributed by atoms with Crippen molar-refractivity contribution in [2.75, 3.05) is 6.61 Å². The highest BCUT2D eigenvalue weighted by molar-refractivity contribution is 6.31. The van der Waals surface area contributed by atoms with Gasteiger partial charge in [0.1, 0.15) is 0 Å². The number of halogens is 1. The molecule has 1 N–H and O–H groups in total. The van der Waals surface area contributed by atoms with Crippen LogP contribution in [0.2, 0.25) is 5.02 Å². The van der Waals surface area contributed by atoms with Gasteiger partial charge in [-0.2, -0.15) is 0 Å². The van der Waals surface area contributed by atoms with Gasteiger partial charge in [0.05, 0.1) is 12.2 Å². The van der Waals surface area contributed by atoms with Gasteiger partial charge in [0.25, 0.3) is 0 Å². The summed E-state index contributed by atoms with van der Waals surface area (Å²) in [7, 11) is 0. The number of ether oxygens (including phenoxy) is 1. The quantitative estimate of drug-likeness (QED) is 0.616. The number of Topliss-reactive ketones (excluding diaryl/α,β-unsaturated/α-hetero) is 1. The maximum absolute atomic E-state index is 13.5. The molecule has 4 rings (SSSR count). The second-order valence-electron chi connectivity index (χ2n) is 8.09. The van der Waals surface area contributed by atoms with Gasteiger partial charge in [-0.15, -0.1) is 0 Å². The maximum atomic E-state index is 13.5. The first-order chi connectivity index (χ1) is 15.0. The number of ketones is 1. The molecule has 1 aliphatic carbocycles. The second-order valence-corrected chi connectivity index (χ2v) is 8.49. The fraction of sp³-hybridized carbons (Fsp3) is 0.308. The first-order valence-electron chi connectivity index (χ1n) is 10.7. The van der Waals surface area contributed by atoms with Crippen LogP contribution in [0.5, 0.6) is 0 Å². The molecule has 0 aromatic heterocycles. The molecule has 0 saturated heterocycles. The molecule has 1 heterocycles. The molecule has 4 nitrogen and oxygen atoms in total. The Morgan fingerprint density at radius 2 is 1.81 bits per heavy atom. The fourth-order valence-electron chi connectivity index (χ4n) is 4.56. The Kier molecular flexibility index (Phi) is 6.28. The predicted molar refractivity (Wildman–Crippen MR) is 122 cm³/mol. The summed E-state index contributed by atoms with van der Waals surface area (Å²) < 4.78 is 5.48. The maximum Gasteiger partial charge on any atom is 0.336 e. The third-order valence-corrected chi connectivity index (χ3v) is 6.32. The molecular weight excluding hydrogens is 410 g/mol. The topological polar surface area (TPSA) is 55.4 Å². The first kappa shape index (κ1) is 21.4. The van der Waals surface area contributed by atoms with Crippen LogP contribution in [0, 0.1) is 0 Å². The minimum Gasteiger partial charge on any atom is -0.462 e. The minimum atomic E-state index is -0.529. The van der Waals surface area contributed by atoms with Crippen molar-refractivity contribution in [3.8, 4) is 0 Å². The molecule has 0 unspecified atom stereocenters. The molecule has 0 bridgehead atoms. The Hall–Kier alpha value is -2.85. The van der Waals surface area contributed by atoms with Crippen LogP contribution >= 0.6 is 11.6 Å². The highest BCUT2D eigenvalue weighted by atomic mass is 35.5. The van der Waals surface area contributed by atoms with Gasteiger partial charge in [-0.1, -0.05) is 67.1 Å². The summed E-state index contributed by atoms with van der Waals surface area (Å²) in [5.41, 5.74) is 4.59. The van der Waals surface area contributed by atoms with Crippen LogP contribution in [0.25, 0.3) is 0 Å². The number of hydrogen-bond donors (Lipinski definition) is 1. The van der Waals surface area contributed by atoms with E-state index in [0.717, 1.165) is 23.2 Å². The largest absolute Gasteiger partial charge is 0.462 e. The van der Waals surface area contributed by atoms with Crippen molar-refractivity contribution < 1.29 is 14.3 Å². The molecule has 160 valence electrons. The van der Waals surface area contributed by atoms with Gasteiger partial charge in [0.2, 0.25) is 0 Å². The normalized spacial score (nSPS) is 20.9. The van der Waals surface area contributed by atoms with Crippen LogP contribution < -0.4 is 5.32 Å². The lowest BCUT2D eigenvalue weighted by Crippen LogP contribution is -2.36. The van der Waals surface area contributed by atoms with Crippen LogP contribution in [0.4, 0.5) is 0 Å². The van der Waals surface area contributed by atoms with Gasteiger partial charge in [0, 0.05) is 34.3 Å². The molecule has 0 fully saturated rings. The smallest absolute Gasteiger partial charge is 0.336 e. The predicted octanol–water partition coefficient (Wildman–Crippen LogP) is 5.65. The number of carbonyl (C=O) groups is 2. The molecular formula is C26H26ClNO3. The van der Waals surface area contributed by atoms with Crippen molar-refractivity contribution in [1.82, 2.24) is 5.32 Å². The highest BCUT2D eigenvalue weighted by Gasteiger charge is 2.42. The Labute approximate surface area is 187 Å². The first-order valence-corrected chi connectivity index (χ1v) is 11.1. The number of nitrogens with one attached hydrogen (secondary N) is 1. The van der Waals surface area contributed by atoms with Crippen LogP contribution in [0.15, 0.2) is 77.1 Å². The van der Waals surface area contributed by atoms with Gasteiger partial charge in [0.15, 0.2) is 5.78 Å². The zero-order valence-electron chi connectivity index (χ0n) is 17.8. The summed E-state index contributed by atoms with van der Waals surface area (Å²) in [6.07, 6.45) is 1.84. The number of benzene rings is 2. The molecule has 0 amide bonds. The SMILES string of the molecule is CCCOC(=O)C1=C(C)NC2=C(C(=O)C[C@@H](c3ccccc3)C2)[C@@H]1c1ccccc1Cl. The average Bonchev–Trinajstić information content (AvgIpc) is 2.77. The minimum absolute atomic E-state index is 0.0424. The highest BCUT2D eigenvalue weighted by Crippen LogP contribution is 2.47. The Balaban J connectivity index is 1.80. The van der Waals surface area contributed by atoms with Crippen molar-refractivity contribution in [1.29, 1.82) is 0 Å². The molecule has 2 aromatic rings. The lowest BCUT2D eigenvalue weighted by atomic mass is 9.71. The molecule has 1 aliphatic heterocycles. The van der Waals surface area contributed by atoms with Crippen LogP contribution in [-0.4, -0.2) is 18.4 Å². The van der Waals surface area contributed by atoms with Gasteiger partial charge in [-0.05, 0) is 42.9 Å². The summed E-state index contributed by atoms with van der Waals surface area (Å²) in [5, 5.41) is 3.90. The standard InChI is InChI=1S/C26H26ClNO3/c1-3-13-31-26(30)23-16(2)28-21-14-18(17-9-5-4-6-10-17)15-22(29)25(21)24(23)19-11-7-8-12-20(19)27/h4-12,18,24,28H,3,13-15H2,1-2H3/t18-,24+/m0/s1. The number of esters is 1. The van der Waals surface area contributed by atoms with E-state index in [1.807, 2.05) is 50.2 Å². The van der Waals surface area contributed by atoms with E-state index in [9.17, 15) is 9.59 Å². The fourth-order valence-corrected chi connectivity index (χ4v) is 4.81. The molecule has 2 aliphatic rings. The molecule has 0 saturated carbocycles. The average molecular weight is 436 g/mol. The van der Waals surface area contributed by atoms with Crippen molar-refractivity contribution >= 4 is 23.4 Å². The Morgan fingerprint density at radius 3 is 2.52 bits per heavy atom. The van der Waals surface area contributed by atoms with E-state index in [2.05, 4.69) is 17.4 Å². The number of allylic oxidation sites excluding steroid dienone is 3. The lowest BCUT2D eigenvalue weighted by Gasteiger charge is -2.37. The van der Waals surface area contributed by atoms with Crippen molar-refractivity contribution in [3.05, 3.63) is 93.3 Å². The molecule has 2 aromatic carbocycles. The second kappa shape index (κ2) is 9.11. The third-order valence-electron chi connectivity index (χ3n) is 5.97. The van der Waals surface area contributed by atoms with E-state index in [-0.39, 0.29) is 11.7 Å². The van der Waals surface area contributed by atoms with Crippen LogP contribution in [0.1, 0.15) is 56.1 Å². The third kappa shape index (κ3) is 4.17. The summed E-state index contributed by atoms with van der Waals surface area (Å²) in [5.74, 6) is -0.783. The van der Waals surface area contributed by atoms with Crippen molar-refractivity contribution in [2.45, 2.75) is 44.9 Å². The van der Waals surface area contributed by atoms with E-state index in [0.29, 0.717) is 41.3 Å². The number of rotatable bonds is 5. The van der Waals surface area contributed by atoms with Gasteiger partial charge < -0.3 is 10.1 Å².